The summed E-state index contributed by atoms with van der Waals surface area (Å²) in [5.74, 6) is 0.115. The van der Waals surface area contributed by atoms with Crippen LogP contribution in [0.4, 0.5) is 5.69 Å². The number of esters is 1. The van der Waals surface area contributed by atoms with Crippen LogP contribution in [0.1, 0.15) is 25.3 Å². The van der Waals surface area contributed by atoms with E-state index in [0.717, 1.165) is 40.9 Å². The molecule has 0 spiro atoms. The second kappa shape index (κ2) is 8.98. The Balaban J connectivity index is 1.65. The Labute approximate surface area is 198 Å². The number of nitrogens with zero attached hydrogens (tertiary/aromatic N) is 2. The molecule has 1 saturated carbocycles. The van der Waals surface area contributed by atoms with E-state index in [-0.39, 0.29) is 11.8 Å². The number of benzene rings is 3. The summed E-state index contributed by atoms with van der Waals surface area (Å²) in [4.78, 5) is 24.3. The number of para-hydroxylation sites is 1. The molecule has 0 aliphatic heterocycles. The minimum Gasteiger partial charge on any atom is -0.407 e. The molecule has 1 N–H and O–H groups in total. The van der Waals surface area contributed by atoms with E-state index in [1.54, 1.807) is 4.68 Å². The van der Waals surface area contributed by atoms with Crippen molar-refractivity contribution in [3.63, 3.8) is 0 Å². The van der Waals surface area contributed by atoms with E-state index in [0.29, 0.717) is 17.1 Å². The first-order chi connectivity index (χ1) is 16.5. The molecule has 0 unspecified atom stereocenters. The predicted octanol–water partition coefficient (Wildman–Crippen LogP) is 5.79. The third-order valence-electron chi connectivity index (χ3n) is 5.80. The molecule has 1 aliphatic carbocycles. The van der Waals surface area contributed by atoms with Crippen LogP contribution in [0.2, 0.25) is 0 Å². The zero-order chi connectivity index (χ0) is 23.7. The van der Waals surface area contributed by atoms with Crippen molar-refractivity contribution >= 4 is 17.6 Å². The lowest BCUT2D eigenvalue weighted by molar-refractivity contribution is -0.132. The Morgan fingerprint density at radius 1 is 0.912 bits per heavy atom. The number of rotatable bonds is 6. The third kappa shape index (κ3) is 4.48. The Morgan fingerprint density at radius 2 is 1.56 bits per heavy atom. The Morgan fingerprint density at radius 3 is 2.18 bits per heavy atom. The average Bonchev–Trinajstić information content (AvgIpc) is 3.63. The zero-order valence-electron chi connectivity index (χ0n) is 19.1. The average molecular weight is 452 g/mol. The van der Waals surface area contributed by atoms with Gasteiger partial charge in [0.2, 0.25) is 11.8 Å². The summed E-state index contributed by atoms with van der Waals surface area (Å²) in [6, 6.07) is 25.2. The third-order valence-corrected chi connectivity index (χ3v) is 5.80. The van der Waals surface area contributed by atoms with Crippen LogP contribution in [0.25, 0.3) is 28.1 Å². The van der Waals surface area contributed by atoms with Crippen molar-refractivity contribution in [1.82, 2.24) is 9.78 Å². The molecular formula is C28H25N3O3. The van der Waals surface area contributed by atoms with Crippen molar-refractivity contribution in [2.45, 2.75) is 26.7 Å². The van der Waals surface area contributed by atoms with Gasteiger partial charge >= 0.3 is 5.97 Å². The summed E-state index contributed by atoms with van der Waals surface area (Å²) >= 11 is 0. The van der Waals surface area contributed by atoms with Gasteiger partial charge in [-0.25, -0.2) is 0 Å². The van der Waals surface area contributed by atoms with Gasteiger partial charge in [-0.1, -0.05) is 60.2 Å². The van der Waals surface area contributed by atoms with E-state index in [1.807, 2.05) is 85.8 Å². The highest BCUT2D eigenvalue weighted by Gasteiger charge is 2.29. The minimum absolute atomic E-state index is 0.0607. The van der Waals surface area contributed by atoms with Gasteiger partial charge in [0.25, 0.3) is 0 Å². The molecule has 1 amide bonds. The molecule has 0 bridgehead atoms. The lowest BCUT2D eigenvalue weighted by atomic mass is 10.00. The normalized spacial score (nSPS) is 12.9. The summed E-state index contributed by atoms with van der Waals surface area (Å²) < 4.78 is 7.40. The summed E-state index contributed by atoms with van der Waals surface area (Å²) in [6.45, 7) is 3.42. The number of aromatic nitrogens is 2. The highest BCUT2D eigenvalue weighted by atomic mass is 16.5. The molecular weight excluding hydrogens is 426 g/mol. The number of aryl methyl sites for hydroxylation is 1. The Kier molecular flexibility index (Phi) is 5.72. The van der Waals surface area contributed by atoms with E-state index in [9.17, 15) is 9.59 Å². The van der Waals surface area contributed by atoms with Gasteiger partial charge in [-0.05, 0) is 49.6 Å². The Hall–Kier alpha value is -4.19. The largest absolute Gasteiger partial charge is 0.407 e. The van der Waals surface area contributed by atoms with Gasteiger partial charge < -0.3 is 10.1 Å². The molecule has 0 radical (unpaired) electrons. The quantitative estimate of drug-likeness (QED) is 0.377. The molecule has 5 rings (SSSR count). The molecule has 0 atom stereocenters. The first-order valence-corrected chi connectivity index (χ1v) is 11.3. The molecule has 6 nitrogen and oxygen atoms in total. The molecule has 170 valence electrons. The predicted molar refractivity (Wildman–Crippen MR) is 132 cm³/mol. The Bertz CT molecular complexity index is 1340. The summed E-state index contributed by atoms with van der Waals surface area (Å²) in [7, 11) is 0. The number of carbonyl (C=O) groups excluding carboxylic acids is 2. The molecule has 1 aromatic heterocycles. The molecule has 1 aliphatic rings. The van der Waals surface area contributed by atoms with Crippen LogP contribution >= 0.6 is 0 Å². The fourth-order valence-corrected chi connectivity index (χ4v) is 3.86. The van der Waals surface area contributed by atoms with Gasteiger partial charge in [0, 0.05) is 24.1 Å². The molecule has 4 aromatic rings. The molecule has 3 aromatic carbocycles. The van der Waals surface area contributed by atoms with Crippen LogP contribution < -0.4 is 10.1 Å². The van der Waals surface area contributed by atoms with E-state index in [2.05, 4.69) is 5.32 Å². The van der Waals surface area contributed by atoms with Gasteiger partial charge in [0.15, 0.2) is 0 Å². The monoisotopic (exact) mass is 451 g/mol. The van der Waals surface area contributed by atoms with Crippen molar-refractivity contribution in [1.29, 1.82) is 0 Å². The van der Waals surface area contributed by atoms with Gasteiger partial charge in [-0.15, -0.1) is 0 Å². The molecule has 34 heavy (non-hydrogen) atoms. The smallest absolute Gasteiger partial charge is 0.309 e. The van der Waals surface area contributed by atoms with Gasteiger partial charge in [-0.2, -0.15) is 9.78 Å². The van der Waals surface area contributed by atoms with Crippen molar-refractivity contribution in [2.24, 2.45) is 5.92 Å². The van der Waals surface area contributed by atoms with Crippen molar-refractivity contribution < 1.29 is 14.3 Å². The number of carbonyl (C=O) groups is 2. The number of hydrogen-bond donors (Lipinski definition) is 1. The second-order valence-corrected chi connectivity index (χ2v) is 8.58. The summed E-state index contributed by atoms with van der Waals surface area (Å²) in [6.07, 6.45) is 1.91. The molecule has 0 saturated heterocycles. The van der Waals surface area contributed by atoms with Crippen LogP contribution in [0.5, 0.6) is 5.88 Å². The van der Waals surface area contributed by atoms with Crippen LogP contribution in [0, 0.1) is 12.8 Å². The number of anilines is 1. The molecule has 6 heteroatoms. The van der Waals surface area contributed by atoms with E-state index < -0.39 is 5.97 Å². The molecule has 1 heterocycles. The van der Waals surface area contributed by atoms with Crippen LogP contribution in [-0.2, 0) is 9.59 Å². The highest BCUT2D eigenvalue weighted by Crippen LogP contribution is 2.41. The van der Waals surface area contributed by atoms with Gasteiger partial charge in [-0.3, -0.25) is 9.59 Å². The van der Waals surface area contributed by atoms with Crippen molar-refractivity contribution in [2.75, 3.05) is 5.32 Å². The summed E-state index contributed by atoms with van der Waals surface area (Å²) in [5, 5.41) is 7.85. The van der Waals surface area contributed by atoms with Gasteiger partial charge in [0.05, 0.1) is 11.3 Å². The lowest BCUT2D eigenvalue weighted by Gasteiger charge is -2.10. The minimum atomic E-state index is -0.429. The standard InChI is InChI=1S/C28H25N3O3/c1-18-8-10-21(11-9-18)26-25(20-14-16-23(17-15-20)29-27(33)22-12-13-22)28(34-19(2)32)31(30-26)24-6-4-3-5-7-24/h3-11,14-17,22H,12-13H2,1-2H3,(H,29,33). The van der Waals surface area contributed by atoms with Gasteiger partial charge in [0.1, 0.15) is 5.69 Å². The second-order valence-electron chi connectivity index (χ2n) is 8.58. The SMILES string of the molecule is CC(=O)Oc1c(-c2ccc(NC(=O)C3CC3)cc2)c(-c2ccc(C)cc2)nn1-c1ccccc1. The first kappa shape index (κ1) is 21.6. The topological polar surface area (TPSA) is 73.2 Å². The van der Waals surface area contributed by atoms with E-state index in [1.165, 1.54) is 6.92 Å². The van der Waals surface area contributed by atoms with E-state index in [4.69, 9.17) is 9.84 Å². The lowest BCUT2D eigenvalue weighted by Crippen LogP contribution is -2.13. The number of nitrogens with one attached hydrogen (secondary N) is 1. The van der Waals surface area contributed by atoms with Crippen LogP contribution in [0.3, 0.4) is 0 Å². The van der Waals surface area contributed by atoms with Crippen LogP contribution in [0.15, 0.2) is 78.9 Å². The van der Waals surface area contributed by atoms with Crippen LogP contribution in [-0.4, -0.2) is 21.7 Å². The fourth-order valence-electron chi connectivity index (χ4n) is 3.86. The zero-order valence-corrected chi connectivity index (χ0v) is 19.1. The number of amides is 1. The maximum Gasteiger partial charge on any atom is 0.309 e. The molecule has 1 fully saturated rings. The number of ether oxygens (including phenoxy) is 1. The highest BCUT2D eigenvalue weighted by molar-refractivity contribution is 5.94. The summed E-state index contributed by atoms with van der Waals surface area (Å²) in [5.41, 5.74) is 5.82. The fraction of sp³-hybridized carbons (Fsp3) is 0.179. The van der Waals surface area contributed by atoms with Crippen molar-refractivity contribution in [3.05, 3.63) is 84.4 Å². The maximum absolute atomic E-state index is 12.1. The maximum atomic E-state index is 12.1. The van der Waals surface area contributed by atoms with Crippen molar-refractivity contribution in [3.8, 4) is 34.0 Å². The number of hydrogen-bond acceptors (Lipinski definition) is 4. The van der Waals surface area contributed by atoms with E-state index >= 15 is 0 Å². The first-order valence-electron chi connectivity index (χ1n) is 11.3.